The van der Waals surface area contributed by atoms with Crippen LogP contribution in [0.15, 0.2) is 48.5 Å². The van der Waals surface area contributed by atoms with Crippen molar-refractivity contribution in [1.29, 1.82) is 0 Å². The molecule has 2 aliphatic rings. The monoisotopic (exact) mass is 332 g/mol. The SMILES string of the molecule is CC1=CC(C)(C)Nc2c(C(=O)N3CCc4ccccc4C3)cccc21. The second kappa shape index (κ2) is 5.76. The van der Waals surface area contributed by atoms with Crippen LogP contribution in [0.25, 0.3) is 5.57 Å². The molecule has 0 bridgehead atoms. The summed E-state index contributed by atoms with van der Waals surface area (Å²) in [6.45, 7) is 7.86. The molecule has 0 saturated heterocycles. The lowest BCUT2D eigenvalue weighted by Crippen LogP contribution is -2.38. The molecule has 2 heterocycles. The van der Waals surface area contributed by atoms with Crippen molar-refractivity contribution in [2.75, 3.05) is 11.9 Å². The van der Waals surface area contributed by atoms with E-state index in [9.17, 15) is 4.79 Å². The van der Waals surface area contributed by atoms with E-state index < -0.39 is 0 Å². The normalized spacial score (nSPS) is 17.9. The Bertz CT molecular complexity index is 879. The Balaban J connectivity index is 1.69. The number of hydrogen-bond donors (Lipinski definition) is 1. The van der Waals surface area contributed by atoms with Gasteiger partial charge in [0.15, 0.2) is 0 Å². The summed E-state index contributed by atoms with van der Waals surface area (Å²) in [5.41, 5.74) is 6.56. The zero-order valence-electron chi connectivity index (χ0n) is 15.1. The number of carbonyl (C=O) groups excluding carboxylic acids is 1. The Hall–Kier alpha value is -2.55. The van der Waals surface area contributed by atoms with Gasteiger partial charge in [-0.25, -0.2) is 0 Å². The molecule has 3 heteroatoms. The molecule has 0 radical (unpaired) electrons. The van der Waals surface area contributed by atoms with Crippen LogP contribution in [0.1, 0.15) is 47.8 Å². The van der Waals surface area contributed by atoms with Gasteiger partial charge in [0.25, 0.3) is 5.91 Å². The fourth-order valence-electron chi connectivity index (χ4n) is 4.01. The molecule has 2 aromatic carbocycles. The number of carbonyl (C=O) groups is 1. The highest BCUT2D eigenvalue weighted by Gasteiger charge is 2.29. The van der Waals surface area contributed by atoms with Gasteiger partial charge in [-0.3, -0.25) is 4.79 Å². The summed E-state index contributed by atoms with van der Waals surface area (Å²) >= 11 is 0. The Morgan fingerprint density at radius 1 is 1.08 bits per heavy atom. The lowest BCUT2D eigenvalue weighted by molar-refractivity contribution is 0.0735. The van der Waals surface area contributed by atoms with Crippen LogP contribution in [0, 0.1) is 0 Å². The van der Waals surface area contributed by atoms with Gasteiger partial charge in [0.2, 0.25) is 0 Å². The van der Waals surface area contributed by atoms with Crippen molar-refractivity contribution in [1.82, 2.24) is 4.90 Å². The number of rotatable bonds is 1. The van der Waals surface area contributed by atoms with Gasteiger partial charge < -0.3 is 10.2 Å². The van der Waals surface area contributed by atoms with Crippen LogP contribution in [0.5, 0.6) is 0 Å². The van der Waals surface area contributed by atoms with Gasteiger partial charge in [-0.05, 0) is 50.0 Å². The van der Waals surface area contributed by atoms with Crippen molar-refractivity contribution in [2.45, 2.75) is 39.3 Å². The second-order valence-corrected chi connectivity index (χ2v) is 7.65. The molecule has 0 fully saturated rings. The molecule has 2 aromatic rings. The van der Waals surface area contributed by atoms with Gasteiger partial charge >= 0.3 is 0 Å². The number of allylic oxidation sites excluding steroid dienone is 1. The van der Waals surface area contributed by atoms with Crippen LogP contribution < -0.4 is 5.32 Å². The van der Waals surface area contributed by atoms with Crippen molar-refractivity contribution < 1.29 is 4.79 Å². The third-order valence-electron chi connectivity index (χ3n) is 5.16. The van der Waals surface area contributed by atoms with E-state index >= 15 is 0 Å². The number of amides is 1. The average molecular weight is 332 g/mol. The quantitative estimate of drug-likeness (QED) is 0.834. The minimum atomic E-state index is -0.151. The first-order valence-electron chi connectivity index (χ1n) is 8.92. The molecule has 128 valence electrons. The van der Waals surface area contributed by atoms with Crippen molar-refractivity contribution in [2.24, 2.45) is 0 Å². The van der Waals surface area contributed by atoms with E-state index in [2.05, 4.69) is 62.5 Å². The molecule has 1 N–H and O–H groups in total. The van der Waals surface area contributed by atoms with E-state index in [1.807, 2.05) is 17.0 Å². The molecule has 0 spiro atoms. The summed E-state index contributed by atoms with van der Waals surface area (Å²) in [6, 6.07) is 14.4. The predicted octanol–water partition coefficient (Wildman–Crippen LogP) is 4.49. The predicted molar refractivity (Wildman–Crippen MR) is 103 cm³/mol. The summed E-state index contributed by atoms with van der Waals surface area (Å²) in [7, 11) is 0. The van der Waals surface area contributed by atoms with E-state index in [-0.39, 0.29) is 11.4 Å². The van der Waals surface area contributed by atoms with Gasteiger partial charge in [-0.15, -0.1) is 0 Å². The lowest BCUT2D eigenvalue weighted by atomic mass is 9.89. The highest BCUT2D eigenvalue weighted by Crippen LogP contribution is 2.36. The molecule has 0 unspecified atom stereocenters. The van der Waals surface area contributed by atoms with Crippen LogP contribution in [-0.4, -0.2) is 22.9 Å². The first-order chi connectivity index (χ1) is 11.9. The highest BCUT2D eigenvalue weighted by atomic mass is 16.2. The molecule has 3 nitrogen and oxygen atoms in total. The van der Waals surface area contributed by atoms with Crippen molar-refractivity contribution >= 4 is 17.2 Å². The maximum atomic E-state index is 13.3. The molecular formula is C22H24N2O. The summed E-state index contributed by atoms with van der Waals surface area (Å²) in [5, 5.41) is 3.55. The number of fused-ring (bicyclic) bond motifs is 2. The standard InChI is InChI=1S/C22H24N2O/c1-15-13-22(2,3)23-20-18(15)9-6-10-19(20)21(25)24-12-11-16-7-4-5-8-17(16)14-24/h4-10,13,23H,11-12,14H2,1-3H3. The summed E-state index contributed by atoms with van der Waals surface area (Å²) in [6.07, 6.45) is 3.15. The lowest BCUT2D eigenvalue weighted by Gasteiger charge is -2.34. The Kier molecular flexibility index (Phi) is 3.68. The van der Waals surface area contributed by atoms with E-state index in [0.29, 0.717) is 6.54 Å². The van der Waals surface area contributed by atoms with Crippen molar-refractivity contribution in [3.05, 3.63) is 70.8 Å². The molecule has 2 aliphatic heterocycles. The molecule has 0 aliphatic carbocycles. The van der Waals surface area contributed by atoms with Gasteiger partial charge in [-0.1, -0.05) is 42.5 Å². The Morgan fingerprint density at radius 2 is 1.84 bits per heavy atom. The first kappa shape index (κ1) is 15.9. The van der Waals surface area contributed by atoms with Gasteiger partial charge in [-0.2, -0.15) is 0 Å². The number of hydrogen-bond acceptors (Lipinski definition) is 2. The molecular weight excluding hydrogens is 308 g/mol. The van der Waals surface area contributed by atoms with Gasteiger partial charge in [0.05, 0.1) is 16.8 Å². The number of anilines is 1. The fourth-order valence-corrected chi connectivity index (χ4v) is 4.01. The van der Waals surface area contributed by atoms with E-state index in [0.717, 1.165) is 29.8 Å². The first-order valence-corrected chi connectivity index (χ1v) is 8.92. The maximum absolute atomic E-state index is 13.3. The van der Waals surface area contributed by atoms with Crippen LogP contribution in [-0.2, 0) is 13.0 Å². The largest absolute Gasteiger partial charge is 0.376 e. The third-order valence-corrected chi connectivity index (χ3v) is 5.16. The molecule has 25 heavy (non-hydrogen) atoms. The molecule has 0 aromatic heterocycles. The average Bonchev–Trinajstić information content (AvgIpc) is 2.59. The summed E-state index contributed by atoms with van der Waals surface area (Å²) in [5.74, 6) is 0.115. The smallest absolute Gasteiger partial charge is 0.256 e. The van der Waals surface area contributed by atoms with E-state index in [1.165, 1.54) is 16.7 Å². The zero-order chi connectivity index (χ0) is 17.6. The number of benzene rings is 2. The van der Waals surface area contributed by atoms with Crippen LogP contribution in [0.4, 0.5) is 5.69 Å². The molecule has 0 saturated carbocycles. The minimum Gasteiger partial charge on any atom is -0.376 e. The Morgan fingerprint density at radius 3 is 2.64 bits per heavy atom. The second-order valence-electron chi connectivity index (χ2n) is 7.65. The van der Waals surface area contributed by atoms with Crippen LogP contribution in [0.2, 0.25) is 0 Å². The fraction of sp³-hybridized carbons (Fsp3) is 0.318. The Labute approximate surface area is 149 Å². The third kappa shape index (κ3) is 2.84. The zero-order valence-corrected chi connectivity index (χ0v) is 15.1. The van der Waals surface area contributed by atoms with Gasteiger partial charge in [0, 0.05) is 18.7 Å². The topological polar surface area (TPSA) is 32.3 Å². The summed E-state index contributed by atoms with van der Waals surface area (Å²) < 4.78 is 0. The maximum Gasteiger partial charge on any atom is 0.256 e. The summed E-state index contributed by atoms with van der Waals surface area (Å²) in [4.78, 5) is 15.2. The number of nitrogens with zero attached hydrogens (tertiary/aromatic N) is 1. The highest BCUT2D eigenvalue weighted by molar-refractivity contribution is 6.03. The van der Waals surface area contributed by atoms with Crippen LogP contribution in [0.3, 0.4) is 0 Å². The van der Waals surface area contributed by atoms with Crippen LogP contribution >= 0.6 is 0 Å². The van der Waals surface area contributed by atoms with Crippen molar-refractivity contribution in [3.63, 3.8) is 0 Å². The van der Waals surface area contributed by atoms with E-state index in [1.54, 1.807) is 0 Å². The number of nitrogens with one attached hydrogen (secondary N) is 1. The minimum absolute atomic E-state index is 0.115. The molecule has 1 amide bonds. The molecule has 4 rings (SSSR count). The van der Waals surface area contributed by atoms with Crippen molar-refractivity contribution in [3.8, 4) is 0 Å². The number of para-hydroxylation sites is 1. The van der Waals surface area contributed by atoms with Gasteiger partial charge in [0.1, 0.15) is 0 Å². The molecule has 0 atom stereocenters. The van der Waals surface area contributed by atoms with E-state index in [4.69, 9.17) is 0 Å².